The largest absolute Gasteiger partial charge is 0.373 e. The third kappa shape index (κ3) is 4.44. The van der Waals surface area contributed by atoms with Crippen LogP contribution in [0.5, 0.6) is 0 Å². The first-order valence-electron chi connectivity index (χ1n) is 6.29. The van der Waals surface area contributed by atoms with E-state index in [1.165, 1.54) is 0 Å². The number of methoxy groups -OCH3 is 1. The van der Waals surface area contributed by atoms with Crippen molar-refractivity contribution in [2.75, 3.05) is 13.7 Å². The molecule has 5 heteroatoms. The number of rotatable bonds is 8. The number of hydrogen-bond donors (Lipinski definition) is 1. The molecule has 1 rings (SSSR count). The number of nitrogens with one attached hydrogen (secondary N) is 1. The molecule has 0 spiro atoms. The Bertz CT molecular complexity index is 310. The monoisotopic (exact) mass is 241 g/mol. The van der Waals surface area contributed by atoms with Gasteiger partial charge in [0.15, 0.2) is 0 Å². The van der Waals surface area contributed by atoms with Crippen LogP contribution in [-0.2, 0) is 11.2 Å². The second kappa shape index (κ2) is 7.40. The smallest absolute Gasteiger partial charge is 0.228 e. The summed E-state index contributed by atoms with van der Waals surface area (Å²) in [7, 11) is 1.66. The van der Waals surface area contributed by atoms with Gasteiger partial charge in [-0.05, 0) is 26.3 Å². The highest BCUT2D eigenvalue weighted by Gasteiger charge is 2.16. The number of aromatic nitrogens is 2. The van der Waals surface area contributed by atoms with Crippen LogP contribution in [-0.4, -0.2) is 29.8 Å². The SMILES string of the molecule is CCCNC(C)Cc1nc(C(CC)OC)no1. The number of nitrogens with zero attached hydrogens (tertiary/aromatic N) is 2. The lowest BCUT2D eigenvalue weighted by atomic mass is 10.2. The minimum Gasteiger partial charge on any atom is -0.373 e. The van der Waals surface area contributed by atoms with E-state index in [9.17, 15) is 0 Å². The highest BCUT2D eigenvalue weighted by atomic mass is 16.5. The Balaban J connectivity index is 2.50. The Morgan fingerprint density at radius 2 is 2.18 bits per heavy atom. The molecule has 0 saturated carbocycles. The first-order chi connectivity index (χ1) is 8.21. The molecule has 0 fully saturated rings. The Morgan fingerprint density at radius 3 is 2.76 bits per heavy atom. The first-order valence-corrected chi connectivity index (χ1v) is 6.29. The topological polar surface area (TPSA) is 60.2 Å². The molecule has 0 amide bonds. The van der Waals surface area contributed by atoms with Crippen LogP contribution >= 0.6 is 0 Å². The maximum absolute atomic E-state index is 5.27. The van der Waals surface area contributed by atoms with Crippen molar-refractivity contribution in [1.82, 2.24) is 15.5 Å². The van der Waals surface area contributed by atoms with E-state index < -0.39 is 0 Å². The van der Waals surface area contributed by atoms with E-state index in [0.29, 0.717) is 17.8 Å². The molecule has 0 aromatic carbocycles. The van der Waals surface area contributed by atoms with Crippen LogP contribution in [0.3, 0.4) is 0 Å². The molecule has 0 bridgehead atoms. The van der Waals surface area contributed by atoms with Crippen molar-refractivity contribution in [1.29, 1.82) is 0 Å². The second-order valence-corrected chi connectivity index (χ2v) is 4.24. The minimum absolute atomic E-state index is 0.0635. The van der Waals surface area contributed by atoms with Gasteiger partial charge in [-0.15, -0.1) is 0 Å². The number of ether oxygens (including phenoxy) is 1. The van der Waals surface area contributed by atoms with E-state index in [-0.39, 0.29) is 6.10 Å². The molecule has 0 aliphatic rings. The lowest BCUT2D eigenvalue weighted by molar-refractivity contribution is 0.0903. The molecule has 1 aromatic rings. The van der Waals surface area contributed by atoms with Crippen LogP contribution in [0.1, 0.15) is 51.4 Å². The molecule has 0 saturated heterocycles. The molecule has 0 aliphatic heterocycles. The molecular formula is C12H23N3O2. The average molecular weight is 241 g/mol. The summed E-state index contributed by atoms with van der Waals surface area (Å²) in [6.45, 7) is 7.32. The normalized spacial score (nSPS) is 14.8. The molecule has 2 atom stereocenters. The molecule has 0 radical (unpaired) electrons. The maximum Gasteiger partial charge on any atom is 0.228 e. The number of hydrogen-bond acceptors (Lipinski definition) is 5. The molecule has 98 valence electrons. The van der Waals surface area contributed by atoms with Crippen LogP contribution < -0.4 is 5.32 Å². The summed E-state index contributed by atoms with van der Waals surface area (Å²) in [6, 6.07) is 0.353. The minimum atomic E-state index is -0.0635. The third-order valence-corrected chi connectivity index (χ3v) is 2.65. The standard InChI is InChI=1S/C12H23N3O2/c1-5-7-13-9(3)8-11-14-12(15-17-11)10(6-2)16-4/h9-10,13H,5-8H2,1-4H3. The van der Waals surface area contributed by atoms with Crippen molar-refractivity contribution in [2.24, 2.45) is 0 Å². The van der Waals surface area contributed by atoms with Gasteiger partial charge in [-0.1, -0.05) is 19.0 Å². The quantitative estimate of drug-likeness (QED) is 0.755. The summed E-state index contributed by atoms with van der Waals surface area (Å²) in [5.74, 6) is 1.32. The van der Waals surface area contributed by atoms with Crippen molar-refractivity contribution in [3.63, 3.8) is 0 Å². The van der Waals surface area contributed by atoms with Gasteiger partial charge in [0.05, 0.1) is 0 Å². The fourth-order valence-corrected chi connectivity index (χ4v) is 1.66. The van der Waals surface area contributed by atoms with Crippen LogP contribution in [0, 0.1) is 0 Å². The Morgan fingerprint density at radius 1 is 1.41 bits per heavy atom. The van der Waals surface area contributed by atoms with Crippen LogP contribution in [0.25, 0.3) is 0 Å². The predicted molar refractivity (Wildman–Crippen MR) is 65.8 cm³/mol. The molecular weight excluding hydrogens is 218 g/mol. The van der Waals surface area contributed by atoms with Crippen molar-refractivity contribution in [3.8, 4) is 0 Å². The summed E-state index contributed by atoms with van der Waals surface area (Å²) in [5.41, 5.74) is 0. The molecule has 2 unspecified atom stereocenters. The van der Waals surface area contributed by atoms with E-state index in [2.05, 4.69) is 29.3 Å². The van der Waals surface area contributed by atoms with E-state index in [4.69, 9.17) is 9.26 Å². The van der Waals surface area contributed by atoms with Crippen molar-refractivity contribution < 1.29 is 9.26 Å². The lowest BCUT2D eigenvalue weighted by Gasteiger charge is -2.09. The highest BCUT2D eigenvalue weighted by molar-refractivity contribution is 4.92. The first kappa shape index (κ1) is 14.1. The van der Waals surface area contributed by atoms with Gasteiger partial charge in [-0.3, -0.25) is 0 Å². The van der Waals surface area contributed by atoms with Gasteiger partial charge in [0, 0.05) is 19.6 Å². The van der Waals surface area contributed by atoms with Gasteiger partial charge < -0.3 is 14.6 Å². The molecule has 1 N–H and O–H groups in total. The van der Waals surface area contributed by atoms with E-state index in [1.807, 2.05) is 6.92 Å². The zero-order chi connectivity index (χ0) is 12.7. The fourth-order valence-electron chi connectivity index (χ4n) is 1.66. The molecule has 0 aliphatic carbocycles. The predicted octanol–water partition coefficient (Wildman–Crippen LogP) is 2.10. The molecule has 5 nitrogen and oxygen atoms in total. The van der Waals surface area contributed by atoms with Gasteiger partial charge >= 0.3 is 0 Å². The zero-order valence-corrected chi connectivity index (χ0v) is 11.2. The van der Waals surface area contributed by atoms with Crippen LogP contribution in [0.15, 0.2) is 4.52 Å². The summed E-state index contributed by atoms with van der Waals surface area (Å²) >= 11 is 0. The van der Waals surface area contributed by atoms with Crippen molar-refractivity contribution >= 4 is 0 Å². The summed E-state index contributed by atoms with van der Waals surface area (Å²) < 4.78 is 10.5. The summed E-state index contributed by atoms with van der Waals surface area (Å²) in [4.78, 5) is 4.36. The zero-order valence-electron chi connectivity index (χ0n) is 11.2. The van der Waals surface area contributed by atoms with Gasteiger partial charge in [-0.25, -0.2) is 0 Å². The highest BCUT2D eigenvalue weighted by Crippen LogP contribution is 2.16. The van der Waals surface area contributed by atoms with Gasteiger partial charge in [0.1, 0.15) is 6.10 Å². The molecule has 1 heterocycles. The average Bonchev–Trinajstić information content (AvgIpc) is 2.76. The van der Waals surface area contributed by atoms with Gasteiger partial charge in [-0.2, -0.15) is 4.98 Å². The van der Waals surface area contributed by atoms with Gasteiger partial charge in [0.2, 0.25) is 11.7 Å². The molecule has 17 heavy (non-hydrogen) atoms. The van der Waals surface area contributed by atoms with Crippen LogP contribution in [0.2, 0.25) is 0 Å². The fraction of sp³-hybridized carbons (Fsp3) is 0.833. The second-order valence-electron chi connectivity index (χ2n) is 4.24. The molecule has 1 aromatic heterocycles. The Kier molecular flexibility index (Phi) is 6.15. The Hall–Kier alpha value is -0.940. The third-order valence-electron chi connectivity index (χ3n) is 2.65. The van der Waals surface area contributed by atoms with Gasteiger partial charge in [0.25, 0.3) is 0 Å². The van der Waals surface area contributed by atoms with Crippen molar-refractivity contribution in [2.45, 2.75) is 52.2 Å². The van der Waals surface area contributed by atoms with E-state index in [1.54, 1.807) is 7.11 Å². The van der Waals surface area contributed by atoms with Crippen molar-refractivity contribution in [3.05, 3.63) is 11.7 Å². The summed E-state index contributed by atoms with van der Waals surface area (Å²) in [6.07, 6.45) is 2.67. The summed E-state index contributed by atoms with van der Waals surface area (Å²) in [5, 5.41) is 7.34. The lowest BCUT2D eigenvalue weighted by Crippen LogP contribution is -2.28. The maximum atomic E-state index is 5.27. The van der Waals surface area contributed by atoms with Crippen LogP contribution in [0.4, 0.5) is 0 Å². The van der Waals surface area contributed by atoms with E-state index in [0.717, 1.165) is 25.8 Å². The van der Waals surface area contributed by atoms with E-state index >= 15 is 0 Å². The Labute approximate surface area is 103 Å².